The van der Waals surface area contributed by atoms with Crippen LogP contribution >= 0.6 is 7.44 Å². The highest BCUT2D eigenvalue weighted by Crippen LogP contribution is 2.37. The van der Waals surface area contributed by atoms with Crippen LogP contribution in [-0.2, 0) is 34.9 Å². The third kappa shape index (κ3) is 8.81. The van der Waals surface area contributed by atoms with Crippen LogP contribution < -0.4 is 15.9 Å². The number of carbonyl (C=O) groups excluding carboxylic acids is 2. The molecule has 2 rings (SSSR count). The van der Waals surface area contributed by atoms with Crippen LogP contribution in [0.4, 0.5) is 5.82 Å². The first kappa shape index (κ1) is 29.6. The summed E-state index contributed by atoms with van der Waals surface area (Å²) >= 11 is 0. The van der Waals surface area contributed by atoms with Gasteiger partial charge in [-0.05, 0) is 41.5 Å². The molecule has 0 saturated heterocycles. The van der Waals surface area contributed by atoms with Crippen LogP contribution in [0.25, 0.3) is 11.2 Å². The first-order valence-electron chi connectivity index (χ1n) is 11.9. The zero-order chi connectivity index (χ0) is 27.0. The molecule has 14 heteroatoms. The highest BCUT2D eigenvalue weighted by molar-refractivity contribution is 7.59. The quantitative estimate of drug-likeness (QED) is 0.241. The molecule has 0 aromatic carbocycles. The van der Waals surface area contributed by atoms with Gasteiger partial charge in [-0.15, -0.1) is 0 Å². The molecule has 0 spiro atoms. The smallest absolute Gasteiger partial charge is 0.323 e. The zero-order valence-electron chi connectivity index (χ0n) is 21.9. The van der Waals surface area contributed by atoms with E-state index >= 15 is 0 Å². The normalized spacial score (nSPS) is 16.0. The summed E-state index contributed by atoms with van der Waals surface area (Å²) in [6.07, 6.45) is 1.70. The lowest BCUT2D eigenvalue weighted by atomic mass is 10.2. The number of hydrogen-bond donors (Lipinski definition) is 3. The van der Waals surface area contributed by atoms with Crippen LogP contribution in [0.3, 0.4) is 0 Å². The lowest BCUT2D eigenvalue weighted by Crippen LogP contribution is -2.40. The summed E-state index contributed by atoms with van der Waals surface area (Å²) in [7, 11) is -3.50. The number of nitrogens with zero attached hydrogens (tertiary/aromatic N) is 4. The first-order chi connectivity index (χ1) is 16.8. The third-order valence-electron chi connectivity index (χ3n) is 4.94. The van der Waals surface area contributed by atoms with Gasteiger partial charge >= 0.3 is 11.9 Å². The predicted molar refractivity (Wildman–Crippen MR) is 135 cm³/mol. The fourth-order valence-electron chi connectivity index (χ4n) is 3.14. The monoisotopic (exact) mass is 527 g/mol. The summed E-state index contributed by atoms with van der Waals surface area (Å²) in [5.74, 6) is -1.26. The molecule has 2 heterocycles. The lowest BCUT2D eigenvalue weighted by Gasteiger charge is -2.27. The fraction of sp³-hybridized carbons (Fsp3) is 0.682. The van der Waals surface area contributed by atoms with Gasteiger partial charge < -0.3 is 24.5 Å². The van der Waals surface area contributed by atoms with Crippen molar-refractivity contribution in [1.82, 2.24) is 29.7 Å². The number of imidazole rings is 1. The number of hydrogen-bond acceptors (Lipinski definition) is 10. The number of aromatic nitrogens is 4. The number of esters is 2. The number of rotatable bonds is 14. The van der Waals surface area contributed by atoms with E-state index < -0.39 is 37.4 Å². The summed E-state index contributed by atoms with van der Waals surface area (Å²) in [5.41, 5.74) is 6.88. The van der Waals surface area contributed by atoms with Crippen molar-refractivity contribution in [2.24, 2.45) is 5.92 Å². The number of ether oxygens (including phenoxy) is 3. The molecule has 0 bridgehead atoms. The molecule has 0 aliphatic heterocycles. The van der Waals surface area contributed by atoms with Crippen LogP contribution in [0, 0.1) is 5.92 Å². The third-order valence-corrected chi connectivity index (χ3v) is 6.95. The molecule has 13 nitrogen and oxygen atoms in total. The molecule has 2 aromatic heterocycles. The van der Waals surface area contributed by atoms with E-state index in [1.165, 1.54) is 6.33 Å². The minimum absolute atomic E-state index is 0.0574. The maximum absolute atomic E-state index is 13.8. The van der Waals surface area contributed by atoms with Crippen molar-refractivity contribution in [2.45, 2.75) is 79.4 Å². The van der Waals surface area contributed by atoms with E-state index in [-0.39, 0.29) is 30.9 Å². The molecule has 0 radical (unpaired) electrons. The molecule has 202 valence electrons. The van der Waals surface area contributed by atoms with Gasteiger partial charge in [0.2, 0.25) is 7.44 Å². The molecule has 2 aromatic rings. The Morgan fingerprint density at radius 3 is 2.31 bits per heavy atom. The van der Waals surface area contributed by atoms with Crippen molar-refractivity contribution in [2.75, 3.05) is 18.6 Å². The summed E-state index contributed by atoms with van der Waals surface area (Å²) in [6, 6.07) is -0.875. The fourth-order valence-corrected chi connectivity index (χ4v) is 5.16. The Kier molecular flexibility index (Phi) is 10.8. The number of fused-ring (bicyclic) bond motifs is 1. The van der Waals surface area contributed by atoms with Crippen LogP contribution in [0.5, 0.6) is 0 Å². The van der Waals surface area contributed by atoms with E-state index in [1.807, 2.05) is 0 Å². The number of nitrogens with one attached hydrogen (secondary N) is 2. The lowest BCUT2D eigenvalue weighted by molar-refractivity contribution is -0.151. The second-order valence-electron chi connectivity index (χ2n) is 9.26. The van der Waals surface area contributed by atoms with Gasteiger partial charge in [0.15, 0.2) is 11.5 Å². The van der Waals surface area contributed by atoms with Crippen LogP contribution in [0.1, 0.15) is 48.5 Å². The molecular weight excluding hydrogens is 489 g/mol. The second-order valence-corrected chi connectivity index (χ2v) is 11.6. The van der Waals surface area contributed by atoms with Gasteiger partial charge in [0.25, 0.3) is 0 Å². The minimum Gasteiger partial charge on any atom is -0.463 e. The largest absolute Gasteiger partial charge is 0.463 e. The topological polar surface area (TPSA) is 173 Å². The molecule has 0 aliphatic rings. The number of nitrogen functional groups attached to an aromatic ring is 1. The van der Waals surface area contributed by atoms with Crippen molar-refractivity contribution < 1.29 is 28.4 Å². The van der Waals surface area contributed by atoms with Gasteiger partial charge in [-0.2, -0.15) is 0 Å². The maximum atomic E-state index is 13.8. The Hall–Kier alpha value is -2.60. The minimum atomic E-state index is -3.50. The van der Waals surface area contributed by atoms with Crippen molar-refractivity contribution >= 4 is 36.4 Å². The molecule has 36 heavy (non-hydrogen) atoms. The first-order valence-corrected chi connectivity index (χ1v) is 13.8. The Bertz CT molecular complexity index is 1080. The van der Waals surface area contributed by atoms with Gasteiger partial charge in [0.1, 0.15) is 24.2 Å². The second kappa shape index (κ2) is 13.1. The number of carbonyl (C=O) groups is 2. The van der Waals surface area contributed by atoms with Gasteiger partial charge in [-0.3, -0.25) is 19.2 Å². The molecule has 0 saturated carbocycles. The van der Waals surface area contributed by atoms with Crippen molar-refractivity contribution in [3.8, 4) is 0 Å². The summed E-state index contributed by atoms with van der Waals surface area (Å²) in [5, 5.41) is 5.72. The molecule has 0 fully saturated rings. The summed E-state index contributed by atoms with van der Waals surface area (Å²) in [4.78, 5) is 36.9. The van der Waals surface area contributed by atoms with E-state index in [0.717, 1.165) is 0 Å². The van der Waals surface area contributed by atoms with Crippen LogP contribution in [0.15, 0.2) is 12.7 Å². The van der Waals surface area contributed by atoms with E-state index in [9.17, 15) is 14.2 Å². The van der Waals surface area contributed by atoms with Crippen LogP contribution in [-0.4, -0.2) is 68.7 Å². The maximum Gasteiger partial charge on any atom is 0.323 e. The van der Waals surface area contributed by atoms with Crippen molar-refractivity contribution in [3.63, 3.8) is 0 Å². The zero-order valence-corrected chi connectivity index (χ0v) is 22.8. The van der Waals surface area contributed by atoms with Gasteiger partial charge in [0.05, 0.1) is 37.1 Å². The molecule has 0 amide bonds. The highest BCUT2D eigenvalue weighted by Gasteiger charge is 2.31. The Morgan fingerprint density at radius 2 is 1.67 bits per heavy atom. The molecule has 0 aliphatic carbocycles. The standard InChI is InChI=1S/C22H38N7O6P/c1-13(2)34-21(30)15(5)8-27-36(32,28-17(7)22(31)35-14(3)4)12-33-16(6)9-29-11-26-18-19(23)24-10-25-20(18)29/h10-11,13-17H,8-9,12H2,1-7H3,(H2,23,24,25)(H2,27,28,32)/t15-,16-,17+,36-/m1/s1. The molecule has 4 N–H and O–H groups in total. The highest BCUT2D eigenvalue weighted by atomic mass is 31.2. The molecule has 4 atom stereocenters. The van der Waals surface area contributed by atoms with Crippen LogP contribution in [0.2, 0.25) is 0 Å². The van der Waals surface area contributed by atoms with E-state index in [0.29, 0.717) is 17.7 Å². The van der Waals surface area contributed by atoms with E-state index in [2.05, 4.69) is 25.1 Å². The van der Waals surface area contributed by atoms with Gasteiger partial charge in [0, 0.05) is 6.54 Å². The van der Waals surface area contributed by atoms with Gasteiger partial charge in [-0.25, -0.2) is 20.0 Å². The summed E-state index contributed by atoms with van der Waals surface area (Å²) in [6.45, 7) is 12.4. The van der Waals surface area contributed by atoms with Gasteiger partial charge in [-0.1, -0.05) is 6.92 Å². The number of nitrogens with two attached hydrogens (primary N) is 1. The van der Waals surface area contributed by atoms with Crippen molar-refractivity contribution in [3.05, 3.63) is 12.7 Å². The predicted octanol–water partition coefficient (Wildman–Crippen LogP) is 2.07. The Morgan fingerprint density at radius 1 is 1.03 bits per heavy atom. The summed E-state index contributed by atoms with van der Waals surface area (Å²) < 4.78 is 31.9. The van der Waals surface area contributed by atoms with Crippen molar-refractivity contribution in [1.29, 1.82) is 0 Å². The van der Waals surface area contributed by atoms with E-state index in [4.69, 9.17) is 19.9 Å². The average molecular weight is 528 g/mol. The molecular formula is C22H38N7O6P. The Balaban J connectivity index is 2.08. The molecule has 0 unspecified atom stereocenters. The Labute approximate surface area is 211 Å². The number of anilines is 1. The average Bonchev–Trinajstić information content (AvgIpc) is 3.19. The van der Waals surface area contributed by atoms with E-state index in [1.54, 1.807) is 59.4 Å². The SMILES string of the molecule is CC(C)OC(=O)[C@H](C)CN[P@](=O)(CO[C@H](C)Cn1cnc2c(N)ncnc21)N[C@@H](C)C(=O)OC(C)C.